The van der Waals surface area contributed by atoms with E-state index in [1.165, 1.54) is 6.33 Å². The molecule has 1 rings (SSSR count). The van der Waals surface area contributed by atoms with Crippen molar-refractivity contribution in [3.05, 3.63) is 12.2 Å². The third-order valence-corrected chi connectivity index (χ3v) is 2.54. The van der Waals surface area contributed by atoms with Crippen molar-refractivity contribution in [3.63, 3.8) is 0 Å². The molecule has 0 bridgehead atoms. The molecular formula is C10H18F3N5O. The van der Waals surface area contributed by atoms with Gasteiger partial charge >= 0.3 is 6.18 Å². The van der Waals surface area contributed by atoms with E-state index in [4.69, 9.17) is 5.84 Å². The van der Waals surface area contributed by atoms with Crippen molar-refractivity contribution in [2.24, 2.45) is 5.84 Å². The summed E-state index contributed by atoms with van der Waals surface area (Å²) in [6.07, 6.45) is -2.01. The number of rotatable bonds is 8. The van der Waals surface area contributed by atoms with Gasteiger partial charge in [-0.15, -0.1) is 0 Å². The first kappa shape index (κ1) is 15.9. The second kappa shape index (κ2) is 7.41. The van der Waals surface area contributed by atoms with Crippen LogP contribution in [0, 0.1) is 0 Å². The maximum atomic E-state index is 11.9. The molecule has 110 valence electrons. The van der Waals surface area contributed by atoms with Gasteiger partial charge in [-0.3, -0.25) is 16.0 Å². The number of hydrogen-bond acceptors (Lipinski definition) is 5. The minimum absolute atomic E-state index is 0.0192. The maximum Gasteiger partial charge on any atom is 0.411 e. The summed E-state index contributed by atoms with van der Waals surface area (Å²) in [6.45, 7) is 1.34. The van der Waals surface area contributed by atoms with Gasteiger partial charge in [0.15, 0.2) is 0 Å². The molecule has 0 aliphatic heterocycles. The topological polar surface area (TPSA) is 78.0 Å². The highest BCUT2D eigenvalue weighted by Gasteiger charge is 2.27. The highest BCUT2D eigenvalue weighted by Crippen LogP contribution is 2.14. The summed E-state index contributed by atoms with van der Waals surface area (Å²) in [7, 11) is 0. The lowest BCUT2D eigenvalue weighted by molar-refractivity contribution is -0.174. The summed E-state index contributed by atoms with van der Waals surface area (Å²) in [5.41, 5.74) is 2.55. The van der Waals surface area contributed by atoms with Crippen molar-refractivity contribution in [2.45, 2.75) is 38.5 Å². The lowest BCUT2D eigenvalue weighted by Crippen LogP contribution is -2.38. The Labute approximate surface area is 109 Å². The Hall–Kier alpha value is -1.19. The number of alkyl halides is 3. The Bertz CT molecular complexity index is 368. The van der Waals surface area contributed by atoms with Gasteiger partial charge in [0.05, 0.1) is 0 Å². The molecule has 9 heteroatoms. The summed E-state index contributed by atoms with van der Waals surface area (Å²) in [5.74, 6) is 6.10. The molecular weight excluding hydrogens is 263 g/mol. The largest absolute Gasteiger partial charge is 0.411 e. The van der Waals surface area contributed by atoms with Crippen LogP contribution in [0.15, 0.2) is 6.33 Å². The van der Waals surface area contributed by atoms with Crippen LogP contribution >= 0.6 is 0 Å². The number of aromatic nitrogens is 3. The molecule has 1 aromatic heterocycles. The highest BCUT2D eigenvalue weighted by atomic mass is 19.4. The average Bonchev–Trinajstić information content (AvgIpc) is 2.78. The Morgan fingerprint density at radius 2 is 2.26 bits per heavy atom. The van der Waals surface area contributed by atoms with Gasteiger partial charge in [0.1, 0.15) is 18.8 Å². The van der Waals surface area contributed by atoms with Crippen LogP contribution in [-0.2, 0) is 17.7 Å². The lowest BCUT2D eigenvalue weighted by Gasteiger charge is -2.16. The zero-order valence-electron chi connectivity index (χ0n) is 10.7. The molecule has 1 aromatic rings. The second-order valence-corrected chi connectivity index (χ2v) is 4.02. The van der Waals surface area contributed by atoms with Crippen LogP contribution in [0.4, 0.5) is 13.2 Å². The van der Waals surface area contributed by atoms with E-state index in [1.54, 1.807) is 4.68 Å². The molecule has 6 nitrogen and oxygen atoms in total. The molecule has 1 unspecified atom stereocenters. The third-order valence-electron chi connectivity index (χ3n) is 2.54. The number of halogens is 3. The molecule has 0 saturated carbocycles. The van der Waals surface area contributed by atoms with E-state index >= 15 is 0 Å². The average molecular weight is 281 g/mol. The number of nitrogens with zero attached hydrogens (tertiary/aromatic N) is 3. The van der Waals surface area contributed by atoms with E-state index in [-0.39, 0.29) is 12.6 Å². The number of hydrogen-bond donors (Lipinski definition) is 2. The molecule has 0 aliphatic carbocycles. The van der Waals surface area contributed by atoms with Crippen LogP contribution in [0.1, 0.15) is 19.2 Å². The van der Waals surface area contributed by atoms with Crippen LogP contribution in [-0.4, -0.2) is 40.2 Å². The van der Waals surface area contributed by atoms with Gasteiger partial charge in [0.2, 0.25) is 0 Å². The van der Waals surface area contributed by atoms with Crippen LogP contribution in [0.2, 0.25) is 0 Å². The second-order valence-electron chi connectivity index (χ2n) is 4.02. The monoisotopic (exact) mass is 281 g/mol. The predicted molar refractivity (Wildman–Crippen MR) is 62.0 cm³/mol. The van der Waals surface area contributed by atoms with Crippen molar-refractivity contribution in [1.82, 2.24) is 20.2 Å². The first-order valence-electron chi connectivity index (χ1n) is 5.93. The molecule has 1 atom stereocenters. The predicted octanol–water partition coefficient (Wildman–Crippen LogP) is 0.641. The van der Waals surface area contributed by atoms with Gasteiger partial charge in [-0.25, -0.2) is 4.98 Å². The molecule has 1 heterocycles. The molecule has 19 heavy (non-hydrogen) atoms. The minimum Gasteiger partial charge on any atom is -0.372 e. The standard InChI is InChI=1S/C10H18F3N5O/c1-2-18-9(15-7-16-18)5-8(17-14)3-4-19-6-10(11,12)13/h7-8,17H,2-6,14H2,1H3. The van der Waals surface area contributed by atoms with Gasteiger partial charge in [-0.1, -0.05) is 0 Å². The van der Waals surface area contributed by atoms with Gasteiger partial charge < -0.3 is 4.74 Å². The molecule has 0 fully saturated rings. The van der Waals surface area contributed by atoms with Crippen LogP contribution in [0.3, 0.4) is 0 Å². The SMILES string of the molecule is CCn1ncnc1CC(CCOCC(F)(F)F)NN. The molecule has 0 saturated heterocycles. The summed E-state index contributed by atoms with van der Waals surface area (Å²) < 4.78 is 41.9. The molecule has 0 aromatic carbocycles. The maximum absolute atomic E-state index is 11.9. The molecule has 0 spiro atoms. The van der Waals surface area contributed by atoms with Crippen molar-refractivity contribution in [2.75, 3.05) is 13.2 Å². The fourth-order valence-corrected chi connectivity index (χ4v) is 1.59. The highest BCUT2D eigenvalue weighted by molar-refractivity contribution is 4.89. The van der Waals surface area contributed by atoms with Crippen molar-refractivity contribution in [3.8, 4) is 0 Å². The minimum atomic E-state index is -4.30. The summed E-state index contributed by atoms with van der Waals surface area (Å²) in [5, 5.41) is 4.01. The fourth-order valence-electron chi connectivity index (χ4n) is 1.59. The third kappa shape index (κ3) is 5.99. The fraction of sp³-hybridized carbons (Fsp3) is 0.800. The zero-order chi connectivity index (χ0) is 14.3. The summed E-state index contributed by atoms with van der Waals surface area (Å²) in [4.78, 5) is 4.08. The van der Waals surface area contributed by atoms with Gasteiger partial charge in [-0.2, -0.15) is 18.3 Å². The molecule has 0 aliphatic rings. The van der Waals surface area contributed by atoms with E-state index in [0.29, 0.717) is 19.4 Å². The first-order chi connectivity index (χ1) is 8.96. The number of nitrogens with one attached hydrogen (secondary N) is 1. The van der Waals surface area contributed by atoms with Gasteiger partial charge in [0, 0.05) is 25.6 Å². The Balaban J connectivity index is 2.34. The number of nitrogens with two attached hydrogens (primary N) is 1. The number of ether oxygens (including phenoxy) is 1. The van der Waals surface area contributed by atoms with Crippen LogP contribution in [0.25, 0.3) is 0 Å². The summed E-state index contributed by atoms with van der Waals surface area (Å²) in [6, 6.07) is -0.206. The van der Waals surface area contributed by atoms with Crippen molar-refractivity contribution < 1.29 is 17.9 Å². The van der Waals surface area contributed by atoms with E-state index in [1.807, 2.05) is 6.92 Å². The van der Waals surface area contributed by atoms with Crippen molar-refractivity contribution in [1.29, 1.82) is 0 Å². The van der Waals surface area contributed by atoms with Gasteiger partial charge in [-0.05, 0) is 13.3 Å². The Morgan fingerprint density at radius 1 is 1.53 bits per heavy atom. The molecule has 0 radical (unpaired) electrons. The smallest absolute Gasteiger partial charge is 0.372 e. The van der Waals surface area contributed by atoms with Gasteiger partial charge in [0.25, 0.3) is 0 Å². The number of aryl methyl sites for hydroxylation is 1. The number of hydrazine groups is 1. The van der Waals surface area contributed by atoms with E-state index in [0.717, 1.165) is 5.82 Å². The first-order valence-corrected chi connectivity index (χ1v) is 5.93. The Morgan fingerprint density at radius 3 is 2.84 bits per heavy atom. The molecule has 0 amide bonds. The molecule has 3 N–H and O–H groups in total. The van der Waals surface area contributed by atoms with E-state index in [9.17, 15) is 13.2 Å². The van der Waals surface area contributed by atoms with Crippen LogP contribution in [0.5, 0.6) is 0 Å². The van der Waals surface area contributed by atoms with E-state index < -0.39 is 12.8 Å². The van der Waals surface area contributed by atoms with E-state index in [2.05, 4.69) is 20.2 Å². The lowest BCUT2D eigenvalue weighted by atomic mass is 10.1. The van der Waals surface area contributed by atoms with Crippen LogP contribution < -0.4 is 11.3 Å². The quantitative estimate of drug-likeness (QED) is 0.415. The summed E-state index contributed by atoms with van der Waals surface area (Å²) >= 11 is 0. The Kier molecular flexibility index (Phi) is 6.19. The van der Waals surface area contributed by atoms with Crippen molar-refractivity contribution >= 4 is 0 Å². The zero-order valence-corrected chi connectivity index (χ0v) is 10.7. The normalized spacial score (nSPS) is 13.7.